The number of nitriles is 1. The van der Waals surface area contributed by atoms with Crippen LogP contribution in [0.5, 0.6) is 0 Å². The first-order valence-electron chi connectivity index (χ1n) is 8.71. The summed E-state index contributed by atoms with van der Waals surface area (Å²) in [6.45, 7) is 5.24. The summed E-state index contributed by atoms with van der Waals surface area (Å²) < 4.78 is 5.23. The van der Waals surface area contributed by atoms with Crippen LogP contribution in [0.15, 0.2) is 30.3 Å². The molecule has 3 amide bonds. The van der Waals surface area contributed by atoms with E-state index in [4.69, 9.17) is 10.00 Å². The molecule has 0 aliphatic carbocycles. The van der Waals surface area contributed by atoms with Crippen LogP contribution in [0.2, 0.25) is 0 Å². The van der Waals surface area contributed by atoms with Crippen LogP contribution in [0.3, 0.4) is 0 Å². The van der Waals surface area contributed by atoms with E-state index in [-0.39, 0.29) is 18.9 Å². The van der Waals surface area contributed by atoms with E-state index in [0.717, 1.165) is 0 Å². The van der Waals surface area contributed by atoms with E-state index >= 15 is 0 Å². The third-order valence-electron chi connectivity index (χ3n) is 3.81. The summed E-state index contributed by atoms with van der Waals surface area (Å²) in [5.41, 5.74) is 0.591. The summed E-state index contributed by atoms with van der Waals surface area (Å²) >= 11 is 0. The van der Waals surface area contributed by atoms with Crippen LogP contribution in [0.1, 0.15) is 27.2 Å². The lowest BCUT2D eigenvalue weighted by Gasteiger charge is -2.25. The Balaban J connectivity index is 2.65. The molecule has 27 heavy (non-hydrogen) atoms. The second kappa shape index (κ2) is 10.8. The first kappa shape index (κ1) is 22.0. The van der Waals surface area contributed by atoms with Crippen molar-refractivity contribution in [2.45, 2.75) is 39.3 Å². The molecule has 0 fully saturated rings. The van der Waals surface area contributed by atoms with Crippen LogP contribution in [-0.4, -0.2) is 48.5 Å². The Morgan fingerprint density at radius 1 is 1.19 bits per heavy atom. The van der Waals surface area contributed by atoms with Crippen molar-refractivity contribution in [3.63, 3.8) is 0 Å². The number of para-hydroxylation sites is 1. The highest BCUT2D eigenvalue weighted by atomic mass is 16.5. The third kappa shape index (κ3) is 7.36. The van der Waals surface area contributed by atoms with Crippen LogP contribution in [0.4, 0.5) is 10.5 Å². The van der Waals surface area contributed by atoms with Crippen LogP contribution >= 0.6 is 0 Å². The Morgan fingerprint density at radius 3 is 2.37 bits per heavy atom. The van der Waals surface area contributed by atoms with Crippen LogP contribution in [0.25, 0.3) is 0 Å². The fourth-order valence-electron chi connectivity index (χ4n) is 2.26. The van der Waals surface area contributed by atoms with Gasteiger partial charge in [-0.05, 0) is 25.0 Å². The number of nitrogens with zero attached hydrogens (tertiary/aromatic N) is 2. The lowest BCUT2D eigenvalue weighted by atomic mass is 10.0. The number of esters is 1. The van der Waals surface area contributed by atoms with Crippen LogP contribution < -0.4 is 10.6 Å². The second-order valence-corrected chi connectivity index (χ2v) is 6.43. The van der Waals surface area contributed by atoms with Gasteiger partial charge in [0.15, 0.2) is 6.10 Å². The zero-order valence-electron chi connectivity index (χ0n) is 16.1. The van der Waals surface area contributed by atoms with Crippen molar-refractivity contribution < 1.29 is 19.1 Å². The standard InChI is InChI=1S/C19H26N4O4/c1-13(2)16(22-19(26)21-15-9-6-5-7-10-15)18(25)27-14(3)17(24)23(4)12-8-11-20/h5-7,9-10,13-14,16H,8,12H2,1-4H3,(H2,21,22,26)/t14-,16+/m0/s1. The van der Waals surface area contributed by atoms with Gasteiger partial charge in [-0.1, -0.05) is 32.0 Å². The molecular weight excluding hydrogens is 348 g/mol. The SMILES string of the molecule is CC(C)[C@@H](NC(=O)Nc1ccccc1)C(=O)O[C@@H](C)C(=O)N(C)CCC#N. The summed E-state index contributed by atoms with van der Waals surface area (Å²) in [5.74, 6) is -1.34. The fourth-order valence-corrected chi connectivity index (χ4v) is 2.26. The zero-order chi connectivity index (χ0) is 20.4. The predicted molar refractivity (Wildman–Crippen MR) is 101 cm³/mol. The zero-order valence-corrected chi connectivity index (χ0v) is 16.1. The van der Waals surface area contributed by atoms with Gasteiger partial charge < -0.3 is 20.3 Å². The highest BCUT2D eigenvalue weighted by molar-refractivity contribution is 5.93. The van der Waals surface area contributed by atoms with Gasteiger partial charge in [0, 0.05) is 19.3 Å². The molecule has 0 aliphatic heterocycles. The van der Waals surface area contributed by atoms with Gasteiger partial charge in [0.25, 0.3) is 5.91 Å². The Kier molecular flexibility index (Phi) is 8.79. The second-order valence-electron chi connectivity index (χ2n) is 6.43. The smallest absolute Gasteiger partial charge is 0.329 e. The molecule has 0 aromatic heterocycles. The number of amides is 3. The molecule has 0 unspecified atom stereocenters. The average Bonchev–Trinajstić information content (AvgIpc) is 2.63. The molecule has 8 heteroatoms. The molecule has 0 saturated heterocycles. The summed E-state index contributed by atoms with van der Waals surface area (Å²) in [4.78, 5) is 38.1. The van der Waals surface area contributed by atoms with Gasteiger partial charge in [-0.2, -0.15) is 5.26 Å². The fraction of sp³-hybridized carbons (Fsp3) is 0.474. The normalized spacial score (nSPS) is 12.4. The molecule has 0 spiro atoms. The topological polar surface area (TPSA) is 112 Å². The lowest BCUT2D eigenvalue weighted by Crippen LogP contribution is -2.49. The van der Waals surface area contributed by atoms with Crippen molar-refractivity contribution in [2.75, 3.05) is 18.9 Å². The number of anilines is 1. The Hall–Kier alpha value is -3.08. The Bertz CT molecular complexity index is 685. The average molecular weight is 374 g/mol. The number of benzene rings is 1. The highest BCUT2D eigenvalue weighted by Crippen LogP contribution is 2.09. The van der Waals surface area contributed by atoms with Crippen molar-refractivity contribution in [1.29, 1.82) is 5.26 Å². The van der Waals surface area contributed by atoms with E-state index < -0.39 is 30.1 Å². The molecule has 146 valence electrons. The molecule has 0 aliphatic rings. The van der Waals surface area contributed by atoms with E-state index in [1.807, 2.05) is 12.1 Å². The van der Waals surface area contributed by atoms with Gasteiger partial charge in [0.2, 0.25) is 0 Å². The molecule has 8 nitrogen and oxygen atoms in total. The van der Waals surface area contributed by atoms with Crippen molar-refractivity contribution >= 4 is 23.6 Å². The number of nitrogens with one attached hydrogen (secondary N) is 2. The van der Waals surface area contributed by atoms with Crippen LogP contribution in [0, 0.1) is 17.2 Å². The number of carbonyl (C=O) groups is 3. The van der Waals surface area contributed by atoms with Gasteiger partial charge in [-0.3, -0.25) is 4.79 Å². The number of hydrogen-bond donors (Lipinski definition) is 2. The molecule has 0 saturated carbocycles. The van der Waals surface area contributed by atoms with Gasteiger partial charge in [0.1, 0.15) is 6.04 Å². The maximum absolute atomic E-state index is 12.4. The molecular formula is C19H26N4O4. The van der Waals surface area contributed by atoms with Gasteiger partial charge in [-0.15, -0.1) is 0 Å². The summed E-state index contributed by atoms with van der Waals surface area (Å²) in [6, 6.07) is 9.33. The van der Waals surface area contributed by atoms with Gasteiger partial charge >= 0.3 is 12.0 Å². The summed E-state index contributed by atoms with van der Waals surface area (Å²) in [6.07, 6.45) is -0.819. The summed E-state index contributed by atoms with van der Waals surface area (Å²) in [5, 5.41) is 13.8. The number of ether oxygens (including phenoxy) is 1. The molecule has 1 aromatic rings. The largest absolute Gasteiger partial charge is 0.451 e. The van der Waals surface area contributed by atoms with E-state index in [9.17, 15) is 14.4 Å². The molecule has 1 aromatic carbocycles. The first-order chi connectivity index (χ1) is 12.8. The minimum absolute atomic E-state index is 0.193. The van der Waals surface area contributed by atoms with Crippen molar-refractivity contribution in [2.24, 2.45) is 5.92 Å². The summed E-state index contributed by atoms with van der Waals surface area (Å²) in [7, 11) is 1.54. The van der Waals surface area contributed by atoms with E-state index in [2.05, 4.69) is 10.6 Å². The van der Waals surface area contributed by atoms with Crippen molar-refractivity contribution in [3.8, 4) is 6.07 Å². The van der Waals surface area contributed by atoms with E-state index in [1.165, 1.54) is 18.9 Å². The van der Waals surface area contributed by atoms with Crippen molar-refractivity contribution in [1.82, 2.24) is 10.2 Å². The highest BCUT2D eigenvalue weighted by Gasteiger charge is 2.29. The number of carbonyl (C=O) groups excluding carboxylic acids is 3. The predicted octanol–water partition coefficient (Wildman–Crippen LogP) is 2.14. The van der Waals surface area contributed by atoms with Gasteiger partial charge in [-0.25, -0.2) is 9.59 Å². The molecule has 0 heterocycles. The monoisotopic (exact) mass is 374 g/mol. The van der Waals surface area contributed by atoms with E-state index in [1.54, 1.807) is 38.1 Å². The van der Waals surface area contributed by atoms with Crippen LogP contribution in [-0.2, 0) is 14.3 Å². The molecule has 0 radical (unpaired) electrons. The maximum Gasteiger partial charge on any atom is 0.329 e. The first-order valence-corrected chi connectivity index (χ1v) is 8.71. The Morgan fingerprint density at radius 2 is 1.81 bits per heavy atom. The molecule has 0 bridgehead atoms. The minimum Gasteiger partial charge on any atom is -0.451 e. The number of likely N-dealkylation sites (N-methyl/N-ethyl adjacent to an activating group) is 1. The molecule has 2 N–H and O–H groups in total. The number of hydrogen-bond acceptors (Lipinski definition) is 5. The Labute approximate surface area is 159 Å². The maximum atomic E-state index is 12.4. The third-order valence-corrected chi connectivity index (χ3v) is 3.81. The van der Waals surface area contributed by atoms with Crippen molar-refractivity contribution in [3.05, 3.63) is 30.3 Å². The lowest BCUT2D eigenvalue weighted by molar-refractivity contribution is -0.160. The minimum atomic E-state index is -1.01. The molecule has 1 rings (SSSR count). The number of rotatable bonds is 8. The quantitative estimate of drug-likeness (QED) is 0.677. The van der Waals surface area contributed by atoms with E-state index in [0.29, 0.717) is 5.69 Å². The van der Waals surface area contributed by atoms with Gasteiger partial charge in [0.05, 0.1) is 12.5 Å². The number of urea groups is 1. The molecule has 2 atom stereocenters.